The second-order valence-corrected chi connectivity index (χ2v) is 3.76. The summed E-state index contributed by atoms with van der Waals surface area (Å²) >= 11 is 0. The van der Waals surface area contributed by atoms with Crippen molar-refractivity contribution in [1.82, 2.24) is 5.32 Å². The molecule has 0 aromatic rings. The smallest absolute Gasteiger partial charge is 0.303 e. The predicted molar refractivity (Wildman–Crippen MR) is 58.4 cm³/mol. The van der Waals surface area contributed by atoms with Gasteiger partial charge in [-0.1, -0.05) is 26.7 Å². The van der Waals surface area contributed by atoms with Gasteiger partial charge in [0.1, 0.15) is 0 Å². The molecule has 0 spiro atoms. The van der Waals surface area contributed by atoms with E-state index in [4.69, 9.17) is 5.11 Å². The van der Waals surface area contributed by atoms with Crippen LogP contribution >= 0.6 is 0 Å². The molecule has 0 saturated carbocycles. The van der Waals surface area contributed by atoms with E-state index in [9.17, 15) is 4.79 Å². The summed E-state index contributed by atoms with van der Waals surface area (Å²) < 4.78 is 0. The Morgan fingerprint density at radius 3 is 2.57 bits per heavy atom. The standard InChI is InChI=1S/C11H23NO2/c1-3-5-7-12-8-6-10(4-2)9-11(13)14/h10,12H,3-9H2,1-2H3,(H,13,14). The number of carboxylic acids is 1. The van der Waals surface area contributed by atoms with Gasteiger partial charge in [-0.3, -0.25) is 4.79 Å². The van der Waals surface area contributed by atoms with E-state index in [2.05, 4.69) is 19.2 Å². The molecule has 84 valence electrons. The molecule has 3 nitrogen and oxygen atoms in total. The molecule has 1 unspecified atom stereocenters. The van der Waals surface area contributed by atoms with Crippen molar-refractivity contribution in [3.8, 4) is 0 Å². The van der Waals surface area contributed by atoms with Gasteiger partial charge < -0.3 is 10.4 Å². The maximum atomic E-state index is 10.5. The Kier molecular flexibility index (Phi) is 8.64. The fraction of sp³-hybridized carbons (Fsp3) is 0.909. The van der Waals surface area contributed by atoms with Crippen molar-refractivity contribution in [3.63, 3.8) is 0 Å². The first-order chi connectivity index (χ1) is 6.70. The van der Waals surface area contributed by atoms with Crippen LogP contribution < -0.4 is 5.32 Å². The lowest BCUT2D eigenvalue weighted by atomic mass is 9.99. The SMILES string of the molecule is CCCCNCCC(CC)CC(=O)O. The Labute approximate surface area is 86.9 Å². The summed E-state index contributed by atoms with van der Waals surface area (Å²) in [7, 11) is 0. The summed E-state index contributed by atoms with van der Waals surface area (Å²) in [4.78, 5) is 10.5. The number of carbonyl (C=O) groups is 1. The summed E-state index contributed by atoms with van der Waals surface area (Å²) in [6, 6.07) is 0. The number of aliphatic carboxylic acids is 1. The van der Waals surface area contributed by atoms with Gasteiger partial charge in [-0.15, -0.1) is 0 Å². The minimum absolute atomic E-state index is 0.311. The minimum atomic E-state index is -0.676. The van der Waals surface area contributed by atoms with E-state index >= 15 is 0 Å². The molecule has 0 radical (unpaired) electrons. The molecule has 0 aliphatic rings. The maximum Gasteiger partial charge on any atom is 0.303 e. The number of rotatable bonds is 9. The normalized spacial score (nSPS) is 12.7. The number of carboxylic acid groups (broad SMARTS) is 1. The highest BCUT2D eigenvalue weighted by atomic mass is 16.4. The van der Waals surface area contributed by atoms with Crippen molar-refractivity contribution in [3.05, 3.63) is 0 Å². The molecule has 0 aliphatic carbocycles. The molecule has 0 fully saturated rings. The van der Waals surface area contributed by atoms with Crippen LogP contribution in [0.1, 0.15) is 46.0 Å². The van der Waals surface area contributed by atoms with Crippen molar-refractivity contribution >= 4 is 5.97 Å². The average molecular weight is 201 g/mol. The molecule has 0 aromatic heterocycles. The third kappa shape index (κ3) is 8.05. The van der Waals surface area contributed by atoms with Gasteiger partial charge in [-0.2, -0.15) is 0 Å². The monoisotopic (exact) mass is 201 g/mol. The first kappa shape index (κ1) is 13.4. The molecule has 3 heteroatoms. The molecule has 1 atom stereocenters. The van der Waals surface area contributed by atoms with Crippen LogP contribution in [0.15, 0.2) is 0 Å². The topological polar surface area (TPSA) is 49.3 Å². The van der Waals surface area contributed by atoms with Crippen molar-refractivity contribution in [2.75, 3.05) is 13.1 Å². The van der Waals surface area contributed by atoms with Gasteiger partial charge in [0.2, 0.25) is 0 Å². The van der Waals surface area contributed by atoms with Gasteiger partial charge in [0.15, 0.2) is 0 Å². The van der Waals surface area contributed by atoms with Gasteiger partial charge >= 0.3 is 5.97 Å². The Bertz CT molecular complexity index is 148. The van der Waals surface area contributed by atoms with Crippen molar-refractivity contribution in [1.29, 1.82) is 0 Å². The summed E-state index contributed by atoms with van der Waals surface area (Å²) in [5.41, 5.74) is 0. The molecular weight excluding hydrogens is 178 g/mol. The lowest BCUT2D eigenvalue weighted by molar-refractivity contribution is -0.138. The number of nitrogens with one attached hydrogen (secondary N) is 1. The largest absolute Gasteiger partial charge is 0.481 e. The third-order valence-corrected chi connectivity index (χ3v) is 2.48. The van der Waals surface area contributed by atoms with Crippen LogP contribution in [0.3, 0.4) is 0 Å². The van der Waals surface area contributed by atoms with Crippen LogP contribution in [0, 0.1) is 5.92 Å². The molecule has 0 rings (SSSR count). The fourth-order valence-corrected chi connectivity index (χ4v) is 1.43. The van der Waals surface area contributed by atoms with Gasteiger partial charge in [0.25, 0.3) is 0 Å². The molecule has 0 aliphatic heterocycles. The van der Waals surface area contributed by atoms with E-state index in [1.54, 1.807) is 0 Å². The van der Waals surface area contributed by atoms with E-state index in [1.165, 1.54) is 12.8 Å². The number of unbranched alkanes of at least 4 members (excludes halogenated alkanes) is 1. The highest BCUT2D eigenvalue weighted by Crippen LogP contribution is 2.11. The van der Waals surface area contributed by atoms with Crippen LogP contribution in [0.25, 0.3) is 0 Å². The van der Waals surface area contributed by atoms with E-state index in [0.29, 0.717) is 12.3 Å². The van der Waals surface area contributed by atoms with Gasteiger partial charge in [-0.25, -0.2) is 0 Å². The Morgan fingerprint density at radius 1 is 1.36 bits per heavy atom. The van der Waals surface area contributed by atoms with Gasteiger partial charge in [0.05, 0.1) is 0 Å². The summed E-state index contributed by atoms with van der Waals surface area (Å²) in [6.07, 6.45) is 4.66. The molecule has 0 amide bonds. The first-order valence-electron chi connectivity index (χ1n) is 5.63. The highest BCUT2D eigenvalue weighted by Gasteiger charge is 2.09. The Hall–Kier alpha value is -0.570. The summed E-state index contributed by atoms with van der Waals surface area (Å²) in [5.74, 6) is -0.341. The Balaban J connectivity index is 3.38. The molecular formula is C11H23NO2. The second kappa shape index (κ2) is 9.00. The second-order valence-electron chi connectivity index (χ2n) is 3.76. The molecule has 0 aromatic carbocycles. The summed E-state index contributed by atoms with van der Waals surface area (Å²) in [6.45, 7) is 6.23. The highest BCUT2D eigenvalue weighted by molar-refractivity contribution is 5.66. The van der Waals surface area contributed by atoms with E-state index < -0.39 is 5.97 Å². The van der Waals surface area contributed by atoms with Crippen molar-refractivity contribution in [2.24, 2.45) is 5.92 Å². The van der Waals surface area contributed by atoms with Gasteiger partial charge in [-0.05, 0) is 31.8 Å². The zero-order chi connectivity index (χ0) is 10.8. The van der Waals surface area contributed by atoms with Crippen LogP contribution in [0.5, 0.6) is 0 Å². The predicted octanol–water partition coefficient (Wildman–Crippen LogP) is 2.27. The molecule has 0 saturated heterocycles. The van der Waals surface area contributed by atoms with E-state index in [1.807, 2.05) is 0 Å². The lowest BCUT2D eigenvalue weighted by Gasteiger charge is -2.12. The first-order valence-corrected chi connectivity index (χ1v) is 5.63. The van der Waals surface area contributed by atoms with Crippen LogP contribution in [0.2, 0.25) is 0 Å². The zero-order valence-electron chi connectivity index (χ0n) is 9.38. The van der Waals surface area contributed by atoms with Crippen molar-refractivity contribution < 1.29 is 9.90 Å². The number of hydrogen-bond donors (Lipinski definition) is 2. The quantitative estimate of drug-likeness (QED) is 0.563. The number of hydrogen-bond acceptors (Lipinski definition) is 2. The molecule has 0 heterocycles. The minimum Gasteiger partial charge on any atom is -0.481 e. The van der Waals surface area contributed by atoms with Gasteiger partial charge in [0, 0.05) is 6.42 Å². The molecule has 0 bridgehead atoms. The molecule has 14 heavy (non-hydrogen) atoms. The zero-order valence-corrected chi connectivity index (χ0v) is 9.38. The molecule has 2 N–H and O–H groups in total. The van der Waals surface area contributed by atoms with Crippen LogP contribution in [-0.4, -0.2) is 24.2 Å². The van der Waals surface area contributed by atoms with Crippen LogP contribution in [0.4, 0.5) is 0 Å². The summed E-state index contributed by atoms with van der Waals surface area (Å²) in [5, 5.41) is 12.0. The van der Waals surface area contributed by atoms with Crippen LogP contribution in [-0.2, 0) is 4.79 Å². The fourth-order valence-electron chi connectivity index (χ4n) is 1.43. The van der Waals surface area contributed by atoms with E-state index in [-0.39, 0.29) is 0 Å². The average Bonchev–Trinajstić information content (AvgIpc) is 2.15. The lowest BCUT2D eigenvalue weighted by Crippen LogP contribution is -2.20. The van der Waals surface area contributed by atoms with E-state index in [0.717, 1.165) is 25.9 Å². The Morgan fingerprint density at radius 2 is 2.07 bits per heavy atom. The van der Waals surface area contributed by atoms with Crippen molar-refractivity contribution in [2.45, 2.75) is 46.0 Å². The maximum absolute atomic E-state index is 10.5. The third-order valence-electron chi connectivity index (χ3n) is 2.48.